The highest BCUT2D eigenvalue weighted by Gasteiger charge is 2.35. The van der Waals surface area contributed by atoms with Gasteiger partial charge in [0.2, 0.25) is 0 Å². The van der Waals surface area contributed by atoms with Crippen LogP contribution in [0.4, 0.5) is 0 Å². The molecule has 2 aliphatic heterocycles. The number of piperidine rings is 1. The van der Waals surface area contributed by atoms with Crippen LogP contribution in [-0.4, -0.2) is 72.1 Å². The van der Waals surface area contributed by atoms with Crippen molar-refractivity contribution in [3.8, 4) is 0 Å². The van der Waals surface area contributed by atoms with Gasteiger partial charge in [0.25, 0.3) is 5.91 Å². The predicted octanol–water partition coefficient (Wildman–Crippen LogP) is -0.644. The Kier molecular flexibility index (Phi) is 4.19. The molecule has 0 radical (unpaired) electrons. The number of fused-ring (bicyclic) bond motifs is 1. The van der Waals surface area contributed by atoms with Gasteiger partial charge in [-0.3, -0.25) is 15.0 Å². The van der Waals surface area contributed by atoms with Gasteiger partial charge in [-0.2, -0.15) is 0 Å². The zero-order valence-corrected chi connectivity index (χ0v) is 10.8. The third-order valence-corrected chi connectivity index (χ3v) is 3.93. The number of likely N-dealkylation sites (N-methyl/N-ethyl adjacent to an activating group) is 1. The fourth-order valence-corrected chi connectivity index (χ4v) is 2.89. The van der Waals surface area contributed by atoms with E-state index in [2.05, 4.69) is 10.2 Å². The monoisotopic (exact) mass is 255 g/mol. The van der Waals surface area contributed by atoms with Crippen molar-refractivity contribution < 1.29 is 14.7 Å². The summed E-state index contributed by atoms with van der Waals surface area (Å²) in [6.07, 6.45) is 3.55. The molecule has 6 heteroatoms. The second-order valence-electron chi connectivity index (χ2n) is 5.03. The minimum absolute atomic E-state index is 0.310. The molecule has 0 aromatic rings. The standard InChI is InChI=1S/C12H21N3O3/c1-13-10(12(17)18)11(16)15-7-6-14-5-3-2-4-9(14)8-15/h9-10,13H,2-8H2,1H3,(H,17,18). The summed E-state index contributed by atoms with van der Waals surface area (Å²) in [5.41, 5.74) is 0. The quantitative estimate of drug-likeness (QED) is 0.656. The number of carbonyl (C=O) groups is 2. The molecule has 0 aromatic carbocycles. The number of rotatable bonds is 3. The van der Waals surface area contributed by atoms with Crippen molar-refractivity contribution >= 4 is 11.9 Å². The third kappa shape index (κ3) is 2.64. The van der Waals surface area contributed by atoms with Crippen LogP contribution < -0.4 is 5.32 Å². The maximum atomic E-state index is 12.1. The molecular weight excluding hydrogens is 234 g/mol. The van der Waals surface area contributed by atoms with Gasteiger partial charge in [-0.25, -0.2) is 4.79 Å². The Hall–Kier alpha value is -1.14. The van der Waals surface area contributed by atoms with Crippen molar-refractivity contribution in [2.75, 3.05) is 33.2 Å². The summed E-state index contributed by atoms with van der Waals surface area (Å²) in [4.78, 5) is 27.2. The van der Waals surface area contributed by atoms with Gasteiger partial charge >= 0.3 is 5.97 Å². The number of carboxylic acid groups (broad SMARTS) is 1. The van der Waals surface area contributed by atoms with Crippen molar-refractivity contribution in [1.82, 2.24) is 15.1 Å². The molecule has 2 atom stereocenters. The Morgan fingerprint density at radius 1 is 1.28 bits per heavy atom. The molecule has 0 aliphatic carbocycles. The van der Waals surface area contributed by atoms with Crippen molar-refractivity contribution in [2.45, 2.75) is 31.3 Å². The molecule has 2 saturated heterocycles. The smallest absolute Gasteiger partial charge is 0.330 e. The molecule has 2 aliphatic rings. The van der Waals surface area contributed by atoms with Gasteiger partial charge < -0.3 is 10.0 Å². The van der Waals surface area contributed by atoms with Gasteiger partial charge in [-0.15, -0.1) is 0 Å². The van der Waals surface area contributed by atoms with Crippen molar-refractivity contribution in [1.29, 1.82) is 0 Å². The number of aliphatic carboxylic acids is 1. The Morgan fingerprint density at radius 3 is 2.72 bits per heavy atom. The van der Waals surface area contributed by atoms with Crippen molar-refractivity contribution in [3.05, 3.63) is 0 Å². The average Bonchev–Trinajstić information content (AvgIpc) is 2.38. The minimum Gasteiger partial charge on any atom is -0.480 e. The number of carbonyl (C=O) groups excluding carboxylic acids is 1. The molecule has 18 heavy (non-hydrogen) atoms. The minimum atomic E-state index is -1.11. The molecule has 0 saturated carbocycles. The van der Waals surface area contributed by atoms with Crippen LogP contribution in [0.15, 0.2) is 0 Å². The number of hydrogen-bond donors (Lipinski definition) is 2. The lowest BCUT2D eigenvalue weighted by atomic mass is 9.99. The summed E-state index contributed by atoms with van der Waals surface area (Å²) in [6, 6.07) is -0.692. The molecule has 0 bridgehead atoms. The second kappa shape index (κ2) is 5.67. The maximum Gasteiger partial charge on any atom is 0.330 e. The highest BCUT2D eigenvalue weighted by molar-refractivity contribution is 6.01. The van der Waals surface area contributed by atoms with Gasteiger partial charge in [-0.1, -0.05) is 6.42 Å². The molecular formula is C12H21N3O3. The van der Waals surface area contributed by atoms with Crippen LogP contribution >= 0.6 is 0 Å². The van der Waals surface area contributed by atoms with Gasteiger partial charge in [-0.05, 0) is 26.4 Å². The van der Waals surface area contributed by atoms with E-state index in [1.54, 1.807) is 4.90 Å². The van der Waals surface area contributed by atoms with Crippen LogP contribution in [0.3, 0.4) is 0 Å². The van der Waals surface area contributed by atoms with Crippen LogP contribution in [0.5, 0.6) is 0 Å². The largest absolute Gasteiger partial charge is 0.480 e. The van der Waals surface area contributed by atoms with E-state index in [9.17, 15) is 9.59 Å². The van der Waals surface area contributed by atoms with Crippen LogP contribution in [0, 0.1) is 0 Å². The Bertz CT molecular complexity index is 335. The van der Waals surface area contributed by atoms with E-state index in [0.29, 0.717) is 19.1 Å². The first kappa shape index (κ1) is 13.3. The van der Waals surface area contributed by atoms with Gasteiger partial charge in [0, 0.05) is 25.7 Å². The van der Waals surface area contributed by atoms with E-state index in [4.69, 9.17) is 5.11 Å². The fourth-order valence-electron chi connectivity index (χ4n) is 2.89. The number of nitrogens with one attached hydrogen (secondary N) is 1. The van der Waals surface area contributed by atoms with Gasteiger partial charge in [0.05, 0.1) is 0 Å². The highest BCUT2D eigenvalue weighted by atomic mass is 16.4. The van der Waals surface area contributed by atoms with Crippen LogP contribution in [-0.2, 0) is 9.59 Å². The number of amides is 1. The summed E-state index contributed by atoms with van der Waals surface area (Å²) in [5, 5.41) is 11.6. The van der Waals surface area contributed by atoms with E-state index < -0.39 is 12.0 Å². The molecule has 0 aromatic heterocycles. The first-order valence-electron chi connectivity index (χ1n) is 6.56. The third-order valence-electron chi connectivity index (χ3n) is 3.93. The zero-order chi connectivity index (χ0) is 13.1. The molecule has 2 fully saturated rings. The summed E-state index contributed by atoms with van der Waals surface area (Å²) in [7, 11) is 1.51. The molecule has 2 rings (SSSR count). The first-order chi connectivity index (χ1) is 8.63. The maximum absolute atomic E-state index is 12.1. The van der Waals surface area contributed by atoms with Crippen LogP contribution in [0.1, 0.15) is 19.3 Å². The van der Waals surface area contributed by atoms with Crippen molar-refractivity contribution in [2.24, 2.45) is 0 Å². The SMILES string of the molecule is CNC(C(=O)O)C(=O)N1CCN2CCCCC2C1. The molecule has 2 unspecified atom stereocenters. The summed E-state index contributed by atoms with van der Waals surface area (Å²) < 4.78 is 0. The van der Waals surface area contributed by atoms with Crippen molar-refractivity contribution in [3.63, 3.8) is 0 Å². The number of carboxylic acids is 1. The fraction of sp³-hybridized carbons (Fsp3) is 0.833. The lowest BCUT2D eigenvalue weighted by Crippen LogP contribution is -2.60. The molecule has 6 nitrogen and oxygen atoms in total. The molecule has 102 valence electrons. The lowest BCUT2D eigenvalue weighted by molar-refractivity contribution is -0.149. The number of piperazine rings is 1. The molecule has 0 spiro atoms. The first-order valence-corrected chi connectivity index (χ1v) is 6.56. The Balaban J connectivity index is 1.97. The Labute approximate surface area is 107 Å². The normalized spacial score (nSPS) is 26.5. The van der Waals surface area contributed by atoms with E-state index in [1.165, 1.54) is 19.9 Å². The molecule has 2 N–H and O–H groups in total. The average molecular weight is 255 g/mol. The summed E-state index contributed by atoms with van der Waals surface area (Å²) >= 11 is 0. The lowest BCUT2D eigenvalue weighted by Gasteiger charge is -2.44. The van der Waals surface area contributed by atoms with Crippen LogP contribution in [0.25, 0.3) is 0 Å². The van der Waals surface area contributed by atoms with E-state index >= 15 is 0 Å². The van der Waals surface area contributed by atoms with Crippen LogP contribution in [0.2, 0.25) is 0 Å². The van der Waals surface area contributed by atoms with E-state index in [0.717, 1.165) is 19.5 Å². The van der Waals surface area contributed by atoms with Gasteiger partial charge in [0.1, 0.15) is 0 Å². The molecule has 1 amide bonds. The summed E-state index contributed by atoms with van der Waals surface area (Å²) in [6.45, 7) is 3.29. The zero-order valence-electron chi connectivity index (χ0n) is 10.8. The number of hydrogen-bond acceptors (Lipinski definition) is 4. The van der Waals surface area contributed by atoms with E-state index in [-0.39, 0.29) is 5.91 Å². The summed E-state index contributed by atoms with van der Waals surface area (Å²) in [5.74, 6) is -1.41. The topological polar surface area (TPSA) is 72.9 Å². The highest BCUT2D eigenvalue weighted by Crippen LogP contribution is 2.21. The number of nitrogens with zero attached hydrogens (tertiary/aromatic N) is 2. The predicted molar refractivity (Wildman–Crippen MR) is 66.3 cm³/mol. The second-order valence-corrected chi connectivity index (χ2v) is 5.03. The van der Waals surface area contributed by atoms with E-state index in [1.807, 2.05) is 0 Å². The van der Waals surface area contributed by atoms with Gasteiger partial charge in [0.15, 0.2) is 6.04 Å². The molecule has 2 heterocycles. The Morgan fingerprint density at radius 2 is 2.06 bits per heavy atom.